The van der Waals surface area contributed by atoms with E-state index in [-0.39, 0.29) is 0 Å². The number of hydrogen-bond acceptors (Lipinski definition) is 3. The summed E-state index contributed by atoms with van der Waals surface area (Å²) in [6.45, 7) is 0. The molecule has 3 heteroatoms. The zero-order chi connectivity index (χ0) is 20.6. The Morgan fingerprint density at radius 2 is 1.35 bits per heavy atom. The lowest BCUT2D eigenvalue weighted by molar-refractivity contribution is 0.669. The second-order valence-corrected chi connectivity index (χ2v) is 7.46. The number of furan rings is 1. The van der Waals surface area contributed by atoms with Gasteiger partial charge in [0.05, 0.1) is 22.5 Å². The fourth-order valence-corrected chi connectivity index (χ4v) is 4.10. The van der Waals surface area contributed by atoms with Crippen molar-refractivity contribution in [2.75, 3.05) is 0 Å². The third-order valence-electron chi connectivity index (χ3n) is 5.54. The molecule has 0 bridgehead atoms. The van der Waals surface area contributed by atoms with Crippen molar-refractivity contribution in [3.05, 3.63) is 109 Å². The van der Waals surface area contributed by atoms with E-state index >= 15 is 0 Å². The first-order valence-electron chi connectivity index (χ1n) is 10.3. The summed E-state index contributed by atoms with van der Waals surface area (Å²) in [5.74, 6) is 0. The third kappa shape index (κ3) is 2.99. The van der Waals surface area contributed by atoms with Crippen molar-refractivity contribution in [3.63, 3.8) is 0 Å². The SMILES string of the molecule is c1ccc(-c2cc3oc4c(-c5ccccn5)cccc4c3c(-c3ccccc3)n2)cc1. The van der Waals surface area contributed by atoms with Crippen molar-refractivity contribution in [1.82, 2.24) is 9.97 Å². The fraction of sp³-hybridized carbons (Fsp3) is 0. The average Bonchev–Trinajstić information content (AvgIpc) is 3.24. The number of para-hydroxylation sites is 1. The first-order valence-corrected chi connectivity index (χ1v) is 10.3. The zero-order valence-corrected chi connectivity index (χ0v) is 16.7. The number of hydrogen-bond donors (Lipinski definition) is 0. The Labute approximate surface area is 179 Å². The maximum atomic E-state index is 6.48. The molecule has 146 valence electrons. The van der Waals surface area contributed by atoms with Crippen LogP contribution >= 0.6 is 0 Å². The van der Waals surface area contributed by atoms with E-state index in [4.69, 9.17) is 9.40 Å². The average molecular weight is 398 g/mol. The van der Waals surface area contributed by atoms with Gasteiger partial charge in [0.2, 0.25) is 0 Å². The summed E-state index contributed by atoms with van der Waals surface area (Å²) in [5.41, 5.74) is 7.48. The Hall–Kier alpha value is -4.24. The molecular weight excluding hydrogens is 380 g/mol. The van der Waals surface area contributed by atoms with Gasteiger partial charge < -0.3 is 4.42 Å². The van der Waals surface area contributed by atoms with E-state index in [2.05, 4.69) is 47.4 Å². The summed E-state index contributed by atoms with van der Waals surface area (Å²) in [6, 6.07) is 34.7. The highest BCUT2D eigenvalue weighted by Crippen LogP contribution is 2.40. The number of rotatable bonds is 3. The maximum Gasteiger partial charge on any atom is 0.144 e. The Morgan fingerprint density at radius 3 is 2.10 bits per heavy atom. The quantitative estimate of drug-likeness (QED) is 0.312. The monoisotopic (exact) mass is 398 g/mol. The lowest BCUT2D eigenvalue weighted by atomic mass is 10.0. The van der Waals surface area contributed by atoms with Gasteiger partial charge in [0.15, 0.2) is 0 Å². The van der Waals surface area contributed by atoms with Crippen molar-refractivity contribution < 1.29 is 4.42 Å². The molecule has 6 aromatic rings. The van der Waals surface area contributed by atoms with Crippen LogP contribution in [0, 0.1) is 0 Å². The molecule has 3 aromatic heterocycles. The second kappa shape index (κ2) is 7.22. The topological polar surface area (TPSA) is 38.9 Å². The first-order chi connectivity index (χ1) is 15.4. The molecular formula is C28H18N2O. The van der Waals surface area contributed by atoms with Gasteiger partial charge >= 0.3 is 0 Å². The molecule has 3 heterocycles. The molecule has 0 saturated heterocycles. The molecule has 0 fully saturated rings. The second-order valence-electron chi connectivity index (χ2n) is 7.46. The number of pyridine rings is 2. The highest BCUT2D eigenvalue weighted by Gasteiger charge is 2.19. The van der Waals surface area contributed by atoms with E-state index in [1.54, 1.807) is 6.20 Å². The standard InChI is InChI=1S/C28H18N2O/c1-3-10-19(11-4-1)24-18-25-26(27(30-24)20-12-5-2-6-13-20)22-15-9-14-21(28(22)31-25)23-16-7-8-17-29-23/h1-18H. The minimum Gasteiger partial charge on any atom is -0.455 e. The number of aromatic nitrogens is 2. The zero-order valence-electron chi connectivity index (χ0n) is 16.7. The number of fused-ring (bicyclic) bond motifs is 3. The Bertz CT molecular complexity index is 1500. The van der Waals surface area contributed by atoms with Crippen LogP contribution in [0.4, 0.5) is 0 Å². The van der Waals surface area contributed by atoms with Crippen LogP contribution in [-0.4, -0.2) is 9.97 Å². The summed E-state index contributed by atoms with van der Waals surface area (Å²) in [6.07, 6.45) is 1.81. The molecule has 0 radical (unpaired) electrons. The normalized spacial score (nSPS) is 11.2. The molecule has 0 saturated carbocycles. The van der Waals surface area contributed by atoms with Gasteiger partial charge in [-0.25, -0.2) is 4.98 Å². The van der Waals surface area contributed by atoms with Gasteiger partial charge in [-0.2, -0.15) is 0 Å². The van der Waals surface area contributed by atoms with Crippen molar-refractivity contribution >= 4 is 21.9 Å². The van der Waals surface area contributed by atoms with E-state index in [1.165, 1.54) is 0 Å². The summed E-state index contributed by atoms with van der Waals surface area (Å²) in [5, 5.41) is 2.07. The van der Waals surface area contributed by atoms with Crippen molar-refractivity contribution in [3.8, 4) is 33.8 Å². The van der Waals surface area contributed by atoms with Crippen molar-refractivity contribution in [2.24, 2.45) is 0 Å². The van der Waals surface area contributed by atoms with E-state index < -0.39 is 0 Å². The molecule has 0 N–H and O–H groups in total. The number of benzene rings is 3. The molecule has 0 aliphatic rings. The van der Waals surface area contributed by atoms with Crippen LogP contribution in [0.15, 0.2) is 114 Å². The molecule has 0 aliphatic carbocycles. The predicted octanol–water partition coefficient (Wildman–Crippen LogP) is 7.38. The molecule has 0 unspecified atom stereocenters. The molecule has 0 spiro atoms. The largest absolute Gasteiger partial charge is 0.455 e. The Morgan fingerprint density at radius 1 is 0.613 bits per heavy atom. The van der Waals surface area contributed by atoms with Crippen LogP contribution in [0.1, 0.15) is 0 Å². The fourth-order valence-electron chi connectivity index (χ4n) is 4.10. The Balaban J connectivity index is 1.71. The van der Waals surface area contributed by atoms with Crippen LogP contribution in [0.3, 0.4) is 0 Å². The summed E-state index contributed by atoms with van der Waals surface area (Å²) < 4.78 is 6.48. The van der Waals surface area contributed by atoms with E-state index in [0.717, 1.165) is 55.7 Å². The molecule has 0 aliphatic heterocycles. The van der Waals surface area contributed by atoms with E-state index in [9.17, 15) is 0 Å². The third-order valence-corrected chi connectivity index (χ3v) is 5.54. The lowest BCUT2D eigenvalue weighted by Gasteiger charge is -2.07. The highest BCUT2D eigenvalue weighted by atomic mass is 16.3. The van der Waals surface area contributed by atoms with Gasteiger partial charge in [0, 0.05) is 34.3 Å². The minimum atomic E-state index is 0.825. The highest BCUT2D eigenvalue weighted by molar-refractivity contribution is 6.15. The first kappa shape index (κ1) is 17.6. The van der Waals surface area contributed by atoms with Gasteiger partial charge in [-0.05, 0) is 18.2 Å². The van der Waals surface area contributed by atoms with Crippen molar-refractivity contribution in [2.45, 2.75) is 0 Å². The summed E-state index contributed by atoms with van der Waals surface area (Å²) >= 11 is 0. The van der Waals surface area contributed by atoms with Gasteiger partial charge in [-0.15, -0.1) is 0 Å². The van der Waals surface area contributed by atoms with Crippen LogP contribution in [-0.2, 0) is 0 Å². The molecule has 6 rings (SSSR count). The van der Waals surface area contributed by atoms with Crippen molar-refractivity contribution in [1.29, 1.82) is 0 Å². The van der Waals surface area contributed by atoms with E-state index in [1.807, 2.05) is 60.7 Å². The summed E-state index contributed by atoms with van der Waals surface area (Å²) in [4.78, 5) is 9.63. The Kier molecular flexibility index (Phi) is 4.10. The molecule has 0 atom stereocenters. The van der Waals surface area contributed by atoms with Crippen LogP contribution in [0.25, 0.3) is 55.7 Å². The minimum absolute atomic E-state index is 0.825. The van der Waals surface area contributed by atoms with Crippen LogP contribution in [0.5, 0.6) is 0 Å². The molecule has 3 aromatic carbocycles. The van der Waals surface area contributed by atoms with Gasteiger partial charge in [0.25, 0.3) is 0 Å². The van der Waals surface area contributed by atoms with E-state index in [0.29, 0.717) is 0 Å². The number of nitrogens with zero attached hydrogens (tertiary/aromatic N) is 2. The summed E-state index contributed by atoms with van der Waals surface area (Å²) in [7, 11) is 0. The van der Waals surface area contributed by atoms with Gasteiger partial charge in [-0.3, -0.25) is 4.98 Å². The molecule has 0 amide bonds. The molecule has 31 heavy (non-hydrogen) atoms. The van der Waals surface area contributed by atoms with Crippen LogP contribution < -0.4 is 0 Å². The smallest absolute Gasteiger partial charge is 0.144 e. The van der Waals surface area contributed by atoms with Crippen LogP contribution in [0.2, 0.25) is 0 Å². The lowest BCUT2D eigenvalue weighted by Crippen LogP contribution is -1.89. The van der Waals surface area contributed by atoms with Gasteiger partial charge in [-0.1, -0.05) is 78.9 Å². The molecule has 3 nitrogen and oxygen atoms in total. The predicted molar refractivity (Wildman–Crippen MR) is 126 cm³/mol. The maximum absolute atomic E-state index is 6.48. The van der Waals surface area contributed by atoms with Gasteiger partial charge in [0.1, 0.15) is 11.2 Å².